The molecule has 12 rings (SSSR count). The molecule has 0 saturated carbocycles. The Balaban J connectivity index is 1.01. The average Bonchev–Trinajstić information content (AvgIpc) is 3.89. The van der Waals surface area contributed by atoms with Gasteiger partial charge in [0.15, 0.2) is 0 Å². The maximum atomic E-state index is 2.76. The number of benzene rings is 2. The van der Waals surface area contributed by atoms with E-state index < -0.39 is 0 Å². The van der Waals surface area contributed by atoms with Gasteiger partial charge in [0.25, 0.3) is 0 Å². The summed E-state index contributed by atoms with van der Waals surface area (Å²) in [4.78, 5) is 5.72. The zero-order valence-electron chi connectivity index (χ0n) is 33.8. The van der Waals surface area contributed by atoms with Gasteiger partial charge in [-0.3, -0.25) is 0 Å². The number of hydrogen-bond acceptors (Lipinski definition) is 3. The van der Waals surface area contributed by atoms with E-state index in [-0.39, 0.29) is 0 Å². The Labute approximate surface area is 358 Å². The second-order valence-electron chi connectivity index (χ2n) is 17.6. The molecular weight excluding hydrogens is 751 g/mol. The molecule has 0 bridgehead atoms. The highest BCUT2D eigenvalue weighted by molar-refractivity contribution is 8.00. The van der Waals surface area contributed by atoms with Crippen LogP contribution in [0, 0.1) is 11.8 Å². The highest BCUT2D eigenvalue weighted by Gasteiger charge is 2.35. The number of nitrogens with zero attached hydrogens (tertiary/aromatic N) is 1. The van der Waals surface area contributed by atoms with E-state index in [0.717, 1.165) is 64.2 Å². The van der Waals surface area contributed by atoms with Crippen molar-refractivity contribution in [1.82, 2.24) is 0 Å². The predicted octanol–water partition coefficient (Wildman–Crippen LogP) is 13.4. The summed E-state index contributed by atoms with van der Waals surface area (Å²) in [6.07, 6.45) is 55.1. The Morgan fingerprint density at radius 3 is 2.54 bits per heavy atom. The van der Waals surface area contributed by atoms with Gasteiger partial charge in [-0.1, -0.05) is 121 Å². The molecule has 0 spiro atoms. The summed E-state index contributed by atoms with van der Waals surface area (Å²) in [5.41, 5.74) is 19.3. The van der Waals surface area contributed by atoms with Gasteiger partial charge in [0, 0.05) is 43.9 Å². The van der Waals surface area contributed by atoms with Crippen molar-refractivity contribution >= 4 is 57.8 Å². The van der Waals surface area contributed by atoms with Crippen LogP contribution in [0.4, 0.5) is 5.69 Å². The smallest absolute Gasteiger partial charge is 0.0547 e. The predicted molar refractivity (Wildman–Crippen MR) is 254 cm³/mol. The van der Waals surface area contributed by atoms with Crippen LogP contribution in [0.15, 0.2) is 155 Å². The summed E-state index contributed by atoms with van der Waals surface area (Å²) >= 11 is 4.14. The monoisotopic (exact) mass is 801 g/mol. The van der Waals surface area contributed by atoms with Crippen LogP contribution in [-0.2, 0) is 12.8 Å². The van der Waals surface area contributed by atoms with E-state index in [9.17, 15) is 0 Å². The Kier molecular flexibility index (Phi) is 9.18. The zero-order chi connectivity index (χ0) is 38.9. The summed E-state index contributed by atoms with van der Waals surface area (Å²) in [5.74, 6) is 1.35. The highest BCUT2D eigenvalue weighted by Crippen LogP contribution is 2.52. The molecule has 3 heteroatoms. The fourth-order valence-corrected chi connectivity index (χ4v) is 14.4. The molecule has 0 amide bonds. The van der Waals surface area contributed by atoms with Crippen LogP contribution < -0.4 is 14.7 Å². The first-order chi connectivity index (χ1) is 29.3. The molecule has 4 atom stereocenters. The van der Waals surface area contributed by atoms with E-state index in [1.807, 2.05) is 0 Å². The first kappa shape index (κ1) is 36.1. The molecule has 1 aliphatic heterocycles. The van der Waals surface area contributed by atoms with Crippen molar-refractivity contribution in [1.29, 1.82) is 0 Å². The topological polar surface area (TPSA) is 3.24 Å². The highest BCUT2D eigenvalue weighted by atomic mass is 32.2. The first-order valence-corrected chi connectivity index (χ1v) is 24.1. The minimum atomic E-state index is 0.379. The number of thiophene rings is 1. The van der Waals surface area contributed by atoms with Crippen LogP contribution >= 0.6 is 23.1 Å². The lowest BCUT2D eigenvalue weighted by Crippen LogP contribution is -2.35. The molecule has 9 aliphatic rings. The maximum absolute atomic E-state index is 2.76. The lowest BCUT2D eigenvalue weighted by molar-refractivity contribution is 0.506. The standard InChI is InChI=1S/C56H51NS2/c1-2-14-37(15-3-1)42-23-11-25-47-48-26-12-27-51(56(48)59-55(42)47)57(39-32-30-38(31-33-39)41-22-13-29-53-54(41)49-21-8-9-28-52(49)58-53)50-35-34-45(44-19-6-7-20-46(44)50)43-24-10-17-36-16-4-5-18-40(36)43/h2,4,6,8-10,13-17,19,21-24,26,28,30,32-35,38,40,43,53H,1,3,5,7,11-12,18,20,25,27,29,31H2. The molecule has 0 radical (unpaired) electrons. The first-order valence-electron chi connectivity index (χ1n) is 22.4. The minimum Gasteiger partial charge on any atom is -0.313 e. The van der Waals surface area contributed by atoms with Crippen molar-refractivity contribution in [2.75, 3.05) is 4.90 Å². The van der Waals surface area contributed by atoms with Gasteiger partial charge in [-0.2, -0.15) is 0 Å². The molecule has 0 saturated heterocycles. The van der Waals surface area contributed by atoms with Crippen LogP contribution in [0.5, 0.6) is 0 Å². The van der Waals surface area contributed by atoms with Crippen molar-refractivity contribution in [2.24, 2.45) is 11.8 Å². The summed E-state index contributed by atoms with van der Waals surface area (Å²) in [6, 6.07) is 14.2. The van der Waals surface area contributed by atoms with Gasteiger partial charge in [0.2, 0.25) is 0 Å². The maximum Gasteiger partial charge on any atom is 0.0547 e. The van der Waals surface area contributed by atoms with Crippen LogP contribution in [0.2, 0.25) is 0 Å². The van der Waals surface area contributed by atoms with Crippen LogP contribution in [0.25, 0.3) is 29.0 Å². The van der Waals surface area contributed by atoms with Gasteiger partial charge in [-0.05, 0) is 162 Å². The van der Waals surface area contributed by atoms with Crippen molar-refractivity contribution < 1.29 is 0 Å². The van der Waals surface area contributed by atoms with Crippen molar-refractivity contribution in [3.63, 3.8) is 0 Å². The lowest BCUT2D eigenvalue weighted by atomic mass is 9.71. The Bertz CT molecular complexity index is 2780. The molecular formula is C56H51NS2. The number of rotatable bonds is 6. The van der Waals surface area contributed by atoms with Crippen LogP contribution in [0.3, 0.4) is 0 Å². The summed E-state index contributed by atoms with van der Waals surface area (Å²) < 4.78 is 1.50. The lowest BCUT2D eigenvalue weighted by Gasteiger charge is -2.37. The number of allylic oxidation sites excluding steroid dienone is 19. The Morgan fingerprint density at radius 2 is 1.61 bits per heavy atom. The average molecular weight is 802 g/mol. The Hall–Kier alpha value is -4.83. The second kappa shape index (κ2) is 15.0. The fraction of sp³-hybridized carbons (Fsp3) is 0.286. The van der Waals surface area contributed by atoms with E-state index in [1.165, 1.54) is 94.0 Å². The molecule has 2 aromatic carbocycles. The van der Waals surface area contributed by atoms with E-state index in [0.29, 0.717) is 23.0 Å². The van der Waals surface area contributed by atoms with E-state index in [2.05, 4.69) is 168 Å². The molecule has 59 heavy (non-hydrogen) atoms. The molecule has 4 unspecified atom stereocenters. The van der Waals surface area contributed by atoms with E-state index >= 15 is 0 Å². The molecule has 292 valence electrons. The van der Waals surface area contributed by atoms with Gasteiger partial charge < -0.3 is 4.90 Å². The molecule has 3 aromatic rings. The van der Waals surface area contributed by atoms with E-state index in [1.54, 1.807) is 11.1 Å². The Morgan fingerprint density at radius 1 is 0.695 bits per heavy atom. The van der Waals surface area contributed by atoms with Gasteiger partial charge in [0.05, 0.1) is 4.53 Å². The second-order valence-corrected chi connectivity index (χ2v) is 19.8. The number of thioether (sulfide) groups is 1. The summed E-state index contributed by atoms with van der Waals surface area (Å²) in [7, 11) is 0. The SMILES string of the molecule is C1=CC(c2ccc(N(C3=CCC(C4=C5c6ccccc6SC5CC=C4)C=C3)C3=c4sc5c(c4=CCC3)CCC=C5C3=CCCC=C3)c3c2C=CCC3)C2CCC=CC2=C1. The number of hydrogen-bond donors (Lipinski definition) is 0. The molecule has 1 nitrogen and oxygen atoms in total. The number of anilines is 1. The van der Waals surface area contributed by atoms with Crippen LogP contribution in [-0.4, -0.2) is 5.25 Å². The zero-order valence-corrected chi connectivity index (χ0v) is 35.5. The normalized spacial score (nSPS) is 25.8. The quantitative estimate of drug-likeness (QED) is 0.244. The van der Waals surface area contributed by atoms with Gasteiger partial charge >= 0.3 is 0 Å². The van der Waals surface area contributed by atoms with Crippen molar-refractivity contribution in [3.05, 3.63) is 192 Å². The molecule has 2 heterocycles. The third-order valence-corrected chi connectivity index (χ3v) is 17.0. The fourth-order valence-electron chi connectivity index (χ4n) is 11.6. The number of fused-ring (bicyclic) bond motifs is 8. The molecule has 8 aliphatic carbocycles. The summed E-state index contributed by atoms with van der Waals surface area (Å²) in [6.45, 7) is 0. The third-order valence-electron chi connectivity index (χ3n) is 14.3. The molecule has 1 aromatic heterocycles. The van der Waals surface area contributed by atoms with Crippen molar-refractivity contribution in [2.45, 2.75) is 93.1 Å². The third kappa shape index (κ3) is 6.09. The van der Waals surface area contributed by atoms with Gasteiger partial charge in [0.1, 0.15) is 0 Å². The van der Waals surface area contributed by atoms with Crippen molar-refractivity contribution in [3.8, 4) is 0 Å². The largest absolute Gasteiger partial charge is 0.313 e. The molecule has 0 fully saturated rings. The minimum absolute atomic E-state index is 0.379. The molecule has 0 N–H and O–H groups in total. The van der Waals surface area contributed by atoms with E-state index in [4.69, 9.17) is 0 Å². The van der Waals surface area contributed by atoms with Gasteiger partial charge in [-0.15, -0.1) is 23.1 Å². The van der Waals surface area contributed by atoms with Crippen LogP contribution in [0.1, 0.15) is 103 Å². The van der Waals surface area contributed by atoms with Gasteiger partial charge in [-0.25, -0.2) is 0 Å². The summed E-state index contributed by atoms with van der Waals surface area (Å²) in [5, 5.41) is 2.05.